The molecule has 1 saturated heterocycles. The minimum absolute atomic E-state index is 0.344. The van der Waals surface area contributed by atoms with Crippen molar-refractivity contribution in [2.24, 2.45) is 0 Å². The van der Waals surface area contributed by atoms with Gasteiger partial charge in [-0.05, 0) is 19.4 Å². The fourth-order valence-corrected chi connectivity index (χ4v) is 2.11. The summed E-state index contributed by atoms with van der Waals surface area (Å²) in [6.45, 7) is 7.30. The predicted octanol–water partition coefficient (Wildman–Crippen LogP) is 2.41. The van der Waals surface area contributed by atoms with Crippen molar-refractivity contribution in [2.45, 2.75) is 58.0 Å². The number of hydrogen-bond donors (Lipinski definition) is 1. The van der Waals surface area contributed by atoms with Gasteiger partial charge >= 0.3 is 0 Å². The van der Waals surface area contributed by atoms with E-state index in [1.807, 2.05) is 0 Å². The predicted molar refractivity (Wildman–Crippen MR) is 60.4 cm³/mol. The zero-order valence-electron chi connectivity index (χ0n) is 9.76. The highest BCUT2D eigenvalue weighted by atomic mass is 16.3. The Kier molecular flexibility index (Phi) is 4.90. The van der Waals surface area contributed by atoms with Crippen LogP contribution in [0.1, 0.15) is 52.4 Å². The van der Waals surface area contributed by atoms with Gasteiger partial charge in [-0.15, -0.1) is 0 Å². The van der Waals surface area contributed by atoms with E-state index in [0.29, 0.717) is 0 Å². The van der Waals surface area contributed by atoms with E-state index < -0.39 is 0 Å². The molecule has 2 nitrogen and oxygen atoms in total. The van der Waals surface area contributed by atoms with Crippen LogP contribution in [0.4, 0.5) is 0 Å². The van der Waals surface area contributed by atoms with E-state index in [1.165, 1.54) is 38.6 Å². The van der Waals surface area contributed by atoms with Crippen LogP contribution in [0.25, 0.3) is 0 Å². The fraction of sp³-hybridized carbons (Fsp3) is 1.00. The molecule has 0 aromatic carbocycles. The molecule has 1 rings (SSSR count). The Morgan fingerprint density at radius 1 is 1.07 bits per heavy atom. The largest absolute Gasteiger partial charge is 0.387 e. The van der Waals surface area contributed by atoms with E-state index in [1.54, 1.807) is 0 Å². The molecule has 1 aliphatic rings. The van der Waals surface area contributed by atoms with Gasteiger partial charge in [-0.1, -0.05) is 39.5 Å². The molecule has 1 aliphatic heterocycles. The molecule has 0 aliphatic carbocycles. The van der Waals surface area contributed by atoms with Crippen LogP contribution in [0.3, 0.4) is 0 Å². The Balaban J connectivity index is 1.91. The van der Waals surface area contributed by atoms with Crippen LogP contribution in [0.5, 0.6) is 0 Å². The van der Waals surface area contributed by atoms with Crippen LogP contribution in [0.2, 0.25) is 0 Å². The third kappa shape index (κ3) is 3.58. The molecule has 0 amide bonds. The van der Waals surface area contributed by atoms with Crippen LogP contribution in [-0.4, -0.2) is 35.2 Å². The normalized spacial score (nSPS) is 20.8. The summed E-state index contributed by atoms with van der Waals surface area (Å²) in [4.78, 5) is 2.37. The average Bonchev–Trinajstić information content (AvgIpc) is 2.14. The van der Waals surface area contributed by atoms with Crippen molar-refractivity contribution in [3.63, 3.8) is 0 Å². The Hall–Kier alpha value is -0.0800. The average molecular weight is 199 g/mol. The summed E-state index contributed by atoms with van der Waals surface area (Å²) in [7, 11) is 0. The van der Waals surface area contributed by atoms with Crippen LogP contribution in [0, 0.1) is 0 Å². The summed E-state index contributed by atoms with van der Waals surface area (Å²) in [5.41, 5.74) is -0.344. The van der Waals surface area contributed by atoms with E-state index in [2.05, 4.69) is 18.7 Å². The van der Waals surface area contributed by atoms with Crippen molar-refractivity contribution in [3.05, 3.63) is 0 Å². The van der Waals surface area contributed by atoms with Gasteiger partial charge in [0.15, 0.2) is 0 Å². The number of β-amino-alcohol motifs (C(OH)–C–C–N with tert-alkyl or cyclic N) is 1. The molecule has 1 heterocycles. The van der Waals surface area contributed by atoms with Gasteiger partial charge in [0.1, 0.15) is 0 Å². The molecule has 1 N–H and O–H groups in total. The Labute approximate surface area is 88.3 Å². The first-order valence-corrected chi connectivity index (χ1v) is 6.15. The maximum atomic E-state index is 9.79. The van der Waals surface area contributed by atoms with Crippen LogP contribution in [-0.2, 0) is 0 Å². The molecular weight excluding hydrogens is 174 g/mol. The summed E-state index contributed by atoms with van der Waals surface area (Å²) in [5.74, 6) is 0. The number of nitrogens with zero attached hydrogens (tertiary/aromatic N) is 1. The smallest absolute Gasteiger partial charge is 0.0897 e. The summed E-state index contributed by atoms with van der Waals surface area (Å²) in [6, 6.07) is 0. The molecule has 14 heavy (non-hydrogen) atoms. The molecule has 84 valence electrons. The number of rotatable bonds is 7. The molecule has 0 unspecified atom stereocenters. The molecule has 0 saturated carbocycles. The van der Waals surface area contributed by atoms with E-state index in [-0.39, 0.29) is 5.60 Å². The highest BCUT2D eigenvalue weighted by Crippen LogP contribution is 2.24. The lowest BCUT2D eigenvalue weighted by Gasteiger charge is -2.46. The van der Waals surface area contributed by atoms with Gasteiger partial charge in [0.2, 0.25) is 0 Å². The van der Waals surface area contributed by atoms with Gasteiger partial charge in [0.05, 0.1) is 5.60 Å². The lowest BCUT2D eigenvalue weighted by molar-refractivity contribution is -0.0995. The monoisotopic (exact) mass is 199 g/mol. The van der Waals surface area contributed by atoms with Crippen molar-refractivity contribution >= 4 is 0 Å². The molecule has 0 bridgehead atoms. The fourth-order valence-electron chi connectivity index (χ4n) is 2.11. The first-order chi connectivity index (χ1) is 6.70. The topological polar surface area (TPSA) is 23.5 Å². The summed E-state index contributed by atoms with van der Waals surface area (Å²) in [6.07, 6.45) is 7.63. The van der Waals surface area contributed by atoms with Gasteiger partial charge in [-0.25, -0.2) is 0 Å². The minimum Gasteiger partial charge on any atom is -0.387 e. The summed E-state index contributed by atoms with van der Waals surface area (Å²) in [5, 5.41) is 9.79. The van der Waals surface area contributed by atoms with E-state index in [0.717, 1.165) is 19.5 Å². The lowest BCUT2D eigenvalue weighted by Crippen LogP contribution is -2.61. The van der Waals surface area contributed by atoms with Gasteiger partial charge in [-0.2, -0.15) is 0 Å². The van der Waals surface area contributed by atoms with Gasteiger partial charge < -0.3 is 5.11 Å². The Bertz CT molecular complexity index is 152. The van der Waals surface area contributed by atoms with Crippen molar-refractivity contribution in [1.29, 1.82) is 0 Å². The molecule has 2 heteroatoms. The van der Waals surface area contributed by atoms with E-state index in [9.17, 15) is 5.11 Å². The summed E-state index contributed by atoms with van der Waals surface area (Å²) < 4.78 is 0. The highest BCUT2D eigenvalue weighted by Gasteiger charge is 2.38. The Morgan fingerprint density at radius 2 is 1.71 bits per heavy atom. The van der Waals surface area contributed by atoms with Crippen LogP contribution in [0.15, 0.2) is 0 Å². The maximum absolute atomic E-state index is 9.79. The minimum atomic E-state index is -0.344. The van der Waals surface area contributed by atoms with Crippen molar-refractivity contribution in [2.75, 3.05) is 19.6 Å². The lowest BCUT2D eigenvalue weighted by atomic mass is 9.91. The second-order valence-corrected chi connectivity index (χ2v) is 4.70. The van der Waals surface area contributed by atoms with Gasteiger partial charge in [-0.3, -0.25) is 4.90 Å². The van der Waals surface area contributed by atoms with Crippen LogP contribution >= 0.6 is 0 Å². The van der Waals surface area contributed by atoms with Crippen molar-refractivity contribution in [3.8, 4) is 0 Å². The summed E-state index contributed by atoms with van der Waals surface area (Å²) >= 11 is 0. The quantitative estimate of drug-likeness (QED) is 0.636. The third-order valence-corrected chi connectivity index (χ3v) is 3.27. The maximum Gasteiger partial charge on any atom is 0.0897 e. The molecule has 0 spiro atoms. The number of hydrogen-bond acceptors (Lipinski definition) is 2. The zero-order valence-corrected chi connectivity index (χ0v) is 9.76. The SMILES string of the molecule is CCCCCCCN1CC(O)(CC)C1. The molecule has 0 aromatic rings. The molecule has 1 fully saturated rings. The van der Waals surface area contributed by atoms with Crippen molar-refractivity contribution in [1.82, 2.24) is 4.90 Å². The first-order valence-electron chi connectivity index (χ1n) is 6.15. The third-order valence-electron chi connectivity index (χ3n) is 3.27. The second kappa shape index (κ2) is 5.72. The van der Waals surface area contributed by atoms with Gasteiger partial charge in [0, 0.05) is 13.1 Å². The first kappa shape index (κ1) is 12.0. The number of aliphatic hydroxyl groups is 1. The highest BCUT2D eigenvalue weighted by molar-refractivity contribution is 4.93. The second-order valence-electron chi connectivity index (χ2n) is 4.70. The molecule has 0 atom stereocenters. The van der Waals surface area contributed by atoms with Crippen LogP contribution < -0.4 is 0 Å². The van der Waals surface area contributed by atoms with Crippen molar-refractivity contribution < 1.29 is 5.11 Å². The van der Waals surface area contributed by atoms with Gasteiger partial charge in [0.25, 0.3) is 0 Å². The number of likely N-dealkylation sites (tertiary alicyclic amines) is 1. The molecule has 0 radical (unpaired) electrons. The Morgan fingerprint density at radius 3 is 2.29 bits per heavy atom. The number of unbranched alkanes of at least 4 members (excludes halogenated alkanes) is 4. The standard InChI is InChI=1S/C12H25NO/c1-3-5-6-7-8-9-13-10-12(14,4-2)11-13/h14H,3-11H2,1-2H3. The molecule has 0 aromatic heterocycles. The molecular formula is C12H25NO. The van der Waals surface area contributed by atoms with E-state index in [4.69, 9.17) is 0 Å². The zero-order chi connectivity index (χ0) is 10.4. The van der Waals surface area contributed by atoms with E-state index >= 15 is 0 Å².